The Morgan fingerprint density at radius 3 is 1.94 bits per heavy atom. The van der Waals surface area contributed by atoms with E-state index in [1.54, 1.807) is 48.5 Å². The zero-order valence-corrected chi connectivity index (χ0v) is 24.9. The highest BCUT2D eigenvalue weighted by Crippen LogP contribution is 2.42. The molecule has 7 aromatic carbocycles. The van der Waals surface area contributed by atoms with Crippen LogP contribution in [0.4, 0.5) is 0 Å². The van der Waals surface area contributed by atoms with E-state index in [0.29, 0.717) is 49.4 Å². The van der Waals surface area contributed by atoms with Crippen LogP contribution in [0.3, 0.4) is 0 Å². The molecular formula is C43H25N3O2. The van der Waals surface area contributed by atoms with Gasteiger partial charge >= 0.3 is 0 Å². The van der Waals surface area contributed by atoms with Crippen molar-refractivity contribution in [1.82, 2.24) is 15.0 Å². The maximum Gasteiger partial charge on any atom is 0.164 e. The van der Waals surface area contributed by atoms with E-state index in [-0.39, 0.29) is 63.9 Å². The van der Waals surface area contributed by atoms with E-state index in [1.165, 1.54) is 6.07 Å². The van der Waals surface area contributed by atoms with Crippen molar-refractivity contribution >= 4 is 54.6 Å². The van der Waals surface area contributed by atoms with Gasteiger partial charge in [0.1, 0.15) is 22.3 Å². The standard InChI is InChI=1S/C43H25N3O2/c1-2-12-27(13-3-1)30-23-24-34(39-32-16-7-9-19-36(32)48-40(30)39)43-45-41(29-22-21-26-11-4-5-14-28(26)25-29)44-42(46-43)33-17-10-20-37-38(33)31-15-6-8-18-35(31)47-37/h1-25H/i1D,2D,3D,6D,7D,12D,13D,17D,24D. The summed E-state index contributed by atoms with van der Waals surface area (Å²) < 4.78 is 90.6. The van der Waals surface area contributed by atoms with Crippen LogP contribution in [0.2, 0.25) is 0 Å². The van der Waals surface area contributed by atoms with Crippen molar-refractivity contribution in [2.24, 2.45) is 0 Å². The highest BCUT2D eigenvalue weighted by Gasteiger charge is 2.22. The summed E-state index contributed by atoms with van der Waals surface area (Å²) in [5.74, 6) is 0.379. The molecule has 0 amide bonds. The fraction of sp³-hybridized carbons (Fsp3) is 0. The molecule has 3 heterocycles. The molecule has 0 saturated heterocycles. The van der Waals surface area contributed by atoms with Crippen LogP contribution in [0.1, 0.15) is 12.3 Å². The van der Waals surface area contributed by atoms with Gasteiger partial charge in [0.05, 0.1) is 12.3 Å². The van der Waals surface area contributed by atoms with E-state index < -0.39 is 30.2 Å². The van der Waals surface area contributed by atoms with E-state index in [9.17, 15) is 1.37 Å². The molecule has 10 aromatic rings. The second-order valence-corrected chi connectivity index (χ2v) is 11.3. The first-order valence-electron chi connectivity index (χ1n) is 19.7. The Bertz CT molecular complexity index is 3350. The molecule has 5 heteroatoms. The van der Waals surface area contributed by atoms with E-state index >= 15 is 0 Å². The first-order valence-corrected chi connectivity index (χ1v) is 15.2. The van der Waals surface area contributed by atoms with Crippen molar-refractivity contribution < 1.29 is 21.2 Å². The molecule has 0 N–H and O–H groups in total. The van der Waals surface area contributed by atoms with Crippen LogP contribution >= 0.6 is 0 Å². The van der Waals surface area contributed by atoms with Gasteiger partial charge in [-0.15, -0.1) is 0 Å². The Kier molecular flexibility index (Phi) is 4.18. The molecule has 0 spiro atoms. The lowest BCUT2D eigenvalue weighted by Gasteiger charge is -2.11. The lowest BCUT2D eigenvalue weighted by Crippen LogP contribution is -2.01. The minimum atomic E-state index is -0.553. The number of benzene rings is 7. The van der Waals surface area contributed by atoms with Crippen LogP contribution in [0.15, 0.2) is 160 Å². The van der Waals surface area contributed by atoms with Gasteiger partial charge in [0, 0.05) is 43.8 Å². The largest absolute Gasteiger partial charge is 0.456 e. The Morgan fingerprint density at radius 2 is 1.12 bits per heavy atom. The van der Waals surface area contributed by atoms with Crippen LogP contribution in [0.25, 0.3) is 99.9 Å². The third kappa shape index (κ3) is 4.15. The number of fused-ring (bicyclic) bond motifs is 7. The summed E-state index contributed by atoms with van der Waals surface area (Å²) in [6.07, 6.45) is 0. The molecule has 0 radical (unpaired) electrons. The summed E-state index contributed by atoms with van der Waals surface area (Å²) in [5, 5.41) is 3.80. The van der Waals surface area contributed by atoms with Crippen LogP contribution in [-0.2, 0) is 0 Å². The van der Waals surface area contributed by atoms with Gasteiger partial charge in [-0.2, -0.15) is 0 Å². The lowest BCUT2D eigenvalue weighted by atomic mass is 9.98. The lowest BCUT2D eigenvalue weighted by molar-refractivity contribution is 0.669. The minimum Gasteiger partial charge on any atom is -0.456 e. The molecule has 0 aliphatic carbocycles. The highest BCUT2D eigenvalue weighted by molar-refractivity contribution is 6.16. The normalized spacial score (nSPS) is 14.4. The third-order valence-corrected chi connectivity index (χ3v) is 8.52. The number of para-hydroxylation sites is 2. The number of rotatable bonds is 4. The fourth-order valence-electron chi connectivity index (χ4n) is 6.33. The Labute approximate surface area is 287 Å². The van der Waals surface area contributed by atoms with Crippen molar-refractivity contribution in [2.45, 2.75) is 0 Å². The quantitative estimate of drug-likeness (QED) is 0.195. The summed E-state index contributed by atoms with van der Waals surface area (Å²) >= 11 is 0. The minimum absolute atomic E-state index is 0.0363. The summed E-state index contributed by atoms with van der Waals surface area (Å²) in [7, 11) is 0. The molecule has 0 saturated carbocycles. The number of nitrogens with zero attached hydrogens (tertiary/aromatic N) is 3. The van der Waals surface area contributed by atoms with Gasteiger partial charge in [-0.25, -0.2) is 15.0 Å². The van der Waals surface area contributed by atoms with Gasteiger partial charge < -0.3 is 8.83 Å². The number of furan rings is 2. The molecular weight excluding hydrogens is 590 g/mol. The molecule has 0 unspecified atom stereocenters. The van der Waals surface area contributed by atoms with E-state index in [2.05, 4.69) is 0 Å². The van der Waals surface area contributed by atoms with Gasteiger partial charge in [0.15, 0.2) is 17.5 Å². The average molecular weight is 625 g/mol. The Morgan fingerprint density at radius 1 is 0.438 bits per heavy atom. The van der Waals surface area contributed by atoms with Crippen molar-refractivity contribution in [1.29, 1.82) is 0 Å². The van der Waals surface area contributed by atoms with Crippen LogP contribution < -0.4 is 0 Å². The SMILES string of the molecule is [2H]c1ccc2oc3ccc([2H])c(-c4nc(-c5ccc6ccccc6c5)nc(-c5c([2H])cc(-c6c([2H])c([2H])c([2H])c([2H])c6[2H])c6oc7ccc([2H])cc7c56)n4)c3c2c1. The number of hydrogen-bond donors (Lipinski definition) is 0. The number of hydrogen-bond acceptors (Lipinski definition) is 5. The highest BCUT2D eigenvalue weighted by atomic mass is 16.3. The van der Waals surface area contributed by atoms with Gasteiger partial charge in [-0.1, -0.05) is 115 Å². The van der Waals surface area contributed by atoms with Crippen LogP contribution in [0, 0.1) is 0 Å². The molecule has 0 atom stereocenters. The second kappa shape index (κ2) is 10.5. The van der Waals surface area contributed by atoms with E-state index in [0.717, 1.165) is 10.8 Å². The molecule has 10 rings (SSSR count). The fourth-order valence-corrected chi connectivity index (χ4v) is 6.33. The molecule has 48 heavy (non-hydrogen) atoms. The predicted octanol–water partition coefficient (Wildman–Crippen LogP) is 11.5. The van der Waals surface area contributed by atoms with Crippen molar-refractivity contribution in [2.75, 3.05) is 0 Å². The van der Waals surface area contributed by atoms with Crippen LogP contribution in [-0.4, -0.2) is 15.0 Å². The molecule has 5 nitrogen and oxygen atoms in total. The zero-order valence-electron chi connectivity index (χ0n) is 33.9. The molecule has 0 fully saturated rings. The summed E-state index contributed by atoms with van der Waals surface area (Å²) in [6.45, 7) is 0. The van der Waals surface area contributed by atoms with Gasteiger partial charge in [0.25, 0.3) is 0 Å². The summed E-state index contributed by atoms with van der Waals surface area (Å²) in [6, 6.07) is 25.8. The van der Waals surface area contributed by atoms with Crippen molar-refractivity contribution in [3.8, 4) is 45.3 Å². The maximum absolute atomic E-state index is 9.56. The van der Waals surface area contributed by atoms with Crippen LogP contribution in [0.5, 0.6) is 0 Å². The topological polar surface area (TPSA) is 65.0 Å². The average Bonchev–Trinajstić information content (AvgIpc) is 3.77. The van der Waals surface area contributed by atoms with E-state index in [4.69, 9.17) is 34.8 Å². The first kappa shape index (κ1) is 19.2. The smallest absolute Gasteiger partial charge is 0.164 e. The van der Waals surface area contributed by atoms with Gasteiger partial charge in [-0.3, -0.25) is 0 Å². The monoisotopic (exact) mass is 624 g/mol. The molecule has 0 aliphatic rings. The van der Waals surface area contributed by atoms with Crippen molar-refractivity contribution in [3.63, 3.8) is 0 Å². The predicted molar refractivity (Wildman–Crippen MR) is 194 cm³/mol. The van der Waals surface area contributed by atoms with Gasteiger partial charge in [-0.05, 0) is 52.7 Å². The number of aromatic nitrogens is 3. The zero-order chi connectivity index (χ0) is 39.4. The molecule has 224 valence electrons. The van der Waals surface area contributed by atoms with Crippen molar-refractivity contribution in [3.05, 3.63) is 151 Å². The first-order chi connectivity index (χ1) is 27.5. The molecule has 0 aliphatic heterocycles. The maximum atomic E-state index is 9.56. The van der Waals surface area contributed by atoms with E-state index in [1.807, 2.05) is 42.5 Å². The summed E-state index contributed by atoms with van der Waals surface area (Å²) in [5.41, 5.74) is 2.52. The molecule has 3 aromatic heterocycles. The Balaban J connectivity index is 1.34. The van der Waals surface area contributed by atoms with Gasteiger partial charge in [0.2, 0.25) is 0 Å². The Hall–Kier alpha value is -6.59. The summed E-state index contributed by atoms with van der Waals surface area (Å²) in [4.78, 5) is 14.9. The third-order valence-electron chi connectivity index (χ3n) is 8.52. The second-order valence-electron chi connectivity index (χ2n) is 11.3. The molecule has 0 bridgehead atoms.